The largest absolute Gasteiger partial charge is 0.359 e. The first-order chi connectivity index (χ1) is 65.3. The minimum Gasteiger partial charge on any atom is -0.359 e. The molecule has 1 atom stereocenters. The smallest absolute Gasteiger partial charge is 0.251 e. The lowest BCUT2D eigenvalue weighted by Gasteiger charge is -2.43. The summed E-state index contributed by atoms with van der Waals surface area (Å²) in [7, 11) is -3.99. The van der Waals surface area contributed by atoms with Gasteiger partial charge in [-0.1, -0.05) is 359 Å². The molecule has 3 aliphatic heterocycles. The molecule has 10 aromatic rings. The fourth-order valence-electron chi connectivity index (χ4n) is 19.0. The number of allylic oxidation sites excluding steroid dienone is 3. The minimum absolute atomic E-state index is 0.00912. The maximum atomic E-state index is 14.4. The number of nitrogens with one attached hydrogen (secondary N) is 4. The number of carbonyl (C=O) groups is 1. The number of nitrogens with zero attached hydrogens (tertiary/aromatic N) is 3. The number of halogens is 1. The molecule has 1 aromatic heterocycles. The highest BCUT2D eigenvalue weighted by atomic mass is 32.2. The normalized spacial score (nSPS) is 15.2. The van der Waals surface area contributed by atoms with Crippen LogP contribution in [0.1, 0.15) is 447 Å². The number of likely N-dealkylation sites (N-methyl/N-ethyl adjacent to an activating group) is 1. The zero-order chi connectivity index (χ0) is 110. The molecule has 9 aromatic carbocycles. The number of carbonyl (C=O) groups excluding carboxylic acids is 1. The molecule has 1 amide bonds. The molecule has 4 N–H and O–H groups in total. The summed E-state index contributed by atoms with van der Waals surface area (Å²) >= 11 is 0. The molecular formula is C127H186FN7O6S3. The van der Waals surface area contributed by atoms with E-state index in [4.69, 9.17) is 0 Å². The fraction of sp³-hybridized carbons (Fsp3) is 0.528. The summed E-state index contributed by atoms with van der Waals surface area (Å²) in [5, 5.41) is 11.4. The van der Waals surface area contributed by atoms with Crippen LogP contribution in [-0.2, 0) is 68.8 Å². The Balaban J connectivity index is 0.000000228. The number of amides is 1. The molecule has 13 rings (SSSR count). The third-order valence-corrected chi connectivity index (χ3v) is 32.5. The summed E-state index contributed by atoms with van der Waals surface area (Å²) in [4.78, 5) is 22.3. The van der Waals surface area contributed by atoms with Crippen LogP contribution in [0.25, 0.3) is 32.3 Å². The van der Waals surface area contributed by atoms with Gasteiger partial charge in [-0.05, 0) is 296 Å². The van der Waals surface area contributed by atoms with Crippen LogP contribution in [0, 0.1) is 11.2 Å². The maximum absolute atomic E-state index is 14.4. The second-order valence-electron chi connectivity index (χ2n) is 53.0. The molecule has 0 fully saturated rings. The Morgan fingerprint density at radius 1 is 0.444 bits per heavy atom. The summed E-state index contributed by atoms with van der Waals surface area (Å²) < 4.78 is 82.8. The summed E-state index contributed by atoms with van der Waals surface area (Å²) in [6.45, 7) is 108. The van der Waals surface area contributed by atoms with E-state index >= 15 is 0 Å². The van der Waals surface area contributed by atoms with Crippen molar-refractivity contribution in [1.29, 1.82) is 0 Å². The van der Waals surface area contributed by atoms with Gasteiger partial charge in [0.05, 0.1) is 20.6 Å². The molecule has 0 radical (unpaired) electrons. The van der Waals surface area contributed by atoms with Crippen LogP contribution < -0.4 is 29.9 Å². The van der Waals surface area contributed by atoms with Crippen molar-refractivity contribution in [3.05, 3.63) is 278 Å². The van der Waals surface area contributed by atoms with E-state index in [0.29, 0.717) is 52.0 Å². The SMILES string of the molecule is C=C1CC(C)(C)c2cc(C(C)C)cc(C(C)(C)C)c2N1.C=C1CC(C)(C)c2cc(C(C)C)cc(C(C)(C)C)c2N1C.C=C1N(C)c2c(C(C)(C)C)cc(C(C)C)cc2C1(C)C.CC(C)c1cc(C(=O)NC(C)(C)C)cc2ccccc12.CC(C)c1ccc(S(=O)(=O)NC(C)(C)C)c2c(F)cccc12.CC(C)c1ccc(S(=O)(=O)NC(C)(C)C)c2cnccc12.CC(C)c1ccc(S(=O)CC(C)(C)C)c(C(C)(C)C)c1. The van der Waals surface area contributed by atoms with E-state index in [2.05, 4.69) is 364 Å². The Labute approximate surface area is 876 Å². The van der Waals surface area contributed by atoms with E-state index in [0.717, 1.165) is 50.9 Å². The highest BCUT2D eigenvalue weighted by molar-refractivity contribution is 7.90. The Bertz CT molecular complexity index is 6550. The zero-order valence-corrected chi connectivity index (χ0v) is 100. The van der Waals surface area contributed by atoms with Gasteiger partial charge >= 0.3 is 0 Å². The van der Waals surface area contributed by atoms with Crippen molar-refractivity contribution >= 4 is 86.1 Å². The Morgan fingerprint density at radius 2 is 0.875 bits per heavy atom. The van der Waals surface area contributed by atoms with Crippen LogP contribution in [-0.4, -0.2) is 68.4 Å². The predicted octanol–water partition coefficient (Wildman–Crippen LogP) is 34.2. The van der Waals surface area contributed by atoms with E-state index in [1.165, 1.54) is 113 Å². The van der Waals surface area contributed by atoms with Crippen molar-refractivity contribution < 1.29 is 30.2 Å². The number of aromatic nitrogens is 1. The molecule has 17 heteroatoms. The van der Waals surface area contributed by atoms with Crippen LogP contribution in [0.4, 0.5) is 21.5 Å². The van der Waals surface area contributed by atoms with E-state index in [1.54, 1.807) is 57.4 Å². The van der Waals surface area contributed by atoms with Crippen molar-refractivity contribution in [3.8, 4) is 0 Å². The number of rotatable bonds is 14. The third-order valence-electron chi connectivity index (χ3n) is 26.9. The van der Waals surface area contributed by atoms with E-state index in [9.17, 15) is 30.2 Å². The molecule has 0 spiro atoms. The monoisotopic (exact) mass is 2020 g/mol. The summed E-state index contributed by atoms with van der Waals surface area (Å²) in [5.41, 5.74) is 26.6. The number of hydrogen-bond acceptors (Lipinski definition) is 10. The van der Waals surface area contributed by atoms with E-state index in [-0.39, 0.29) is 75.9 Å². The number of anilines is 3. The first-order valence-corrected chi connectivity index (χ1v) is 56.5. The minimum atomic E-state index is -3.80. The molecule has 3 aliphatic rings. The van der Waals surface area contributed by atoms with Gasteiger partial charge in [0, 0.05) is 110 Å². The molecular weight excluding hydrogens is 1830 g/mol. The lowest BCUT2D eigenvalue weighted by atomic mass is 9.71. The van der Waals surface area contributed by atoms with Gasteiger partial charge in [-0.15, -0.1) is 0 Å². The first-order valence-electron chi connectivity index (χ1n) is 52.2. The number of fused-ring (bicyclic) bond motifs is 6. The Hall–Kier alpha value is -9.10. The highest BCUT2D eigenvalue weighted by Gasteiger charge is 2.43. The third kappa shape index (κ3) is 30.8. The average molecular weight is 2020 g/mol. The van der Waals surface area contributed by atoms with Crippen molar-refractivity contribution in [2.24, 2.45) is 5.41 Å². The van der Waals surface area contributed by atoms with Crippen molar-refractivity contribution in [2.45, 2.75) is 428 Å². The molecule has 0 saturated heterocycles. The quantitative estimate of drug-likeness (QED) is 0.0822. The number of benzene rings is 9. The van der Waals surface area contributed by atoms with Gasteiger partial charge in [-0.3, -0.25) is 14.0 Å². The first kappa shape index (κ1) is 122. The zero-order valence-electron chi connectivity index (χ0n) is 97.6. The second kappa shape index (κ2) is 45.5. The predicted molar refractivity (Wildman–Crippen MR) is 623 cm³/mol. The van der Waals surface area contributed by atoms with Gasteiger partial charge in [-0.2, -0.15) is 0 Å². The molecule has 0 aliphatic carbocycles. The summed E-state index contributed by atoms with van der Waals surface area (Å²) in [6.07, 6.45) is 5.35. The molecule has 790 valence electrons. The van der Waals surface area contributed by atoms with Gasteiger partial charge in [0.1, 0.15) is 5.82 Å². The number of pyridine rings is 1. The van der Waals surface area contributed by atoms with Crippen LogP contribution in [0.2, 0.25) is 0 Å². The summed E-state index contributed by atoms with van der Waals surface area (Å²) in [6, 6.07) is 46.5. The lowest BCUT2D eigenvalue weighted by molar-refractivity contribution is 0.0919. The fourth-order valence-corrected chi connectivity index (χ4v) is 24.0. The van der Waals surface area contributed by atoms with Crippen LogP contribution in [0.5, 0.6) is 0 Å². The molecule has 1 unspecified atom stereocenters. The van der Waals surface area contributed by atoms with E-state index < -0.39 is 47.7 Å². The molecule has 0 bridgehead atoms. The van der Waals surface area contributed by atoms with Crippen LogP contribution in [0.15, 0.2) is 203 Å². The van der Waals surface area contributed by atoms with Crippen LogP contribution in [0.3, 0.4) is 0 Å². The van der Waals surface area contributed by atoms with Gasteiger partial charge in [0.25, 0.3) is 5.91 Å². The highest BCUT2D eigenvalue weighted by Crippen LogP contribution is 2.54. The lowest BCUT2D eigenvalue weighted by Crippen LogP contribution is -2.40. The van der Waals surface area contributed by atoms with Crippen molar-refractivity contribution in [1.82, 2.24) is 19.7 Å². The van der Waals surface area contributed by atoms with Crippen molar-refractivity contribution in [3.63, 3.8) is 0 Å². The van der Waals surface area contributed by atoms with Crippen LogP contribution >= 0.6 is 0 Å². The molecule has 4 heterocycles. The van der Waals surface area contributed by atoms with Gasteiger partial charge in [-0.25, -0.2) is 30.7 Å². The number of hydrogen-bond donors (Lipinski definition) is 4. The molecule has 13 nitrogen and oxygen atoms in total. The van der Waals surface area contributed by atoms with Gasteiger partial charge in [0.15, 0.2) is 0 Å². The van der Waals surface area contributed by atoms with Gasteiger partial charge < -0.3 is 20.4 Å². The average Bonchev–Trinajstić information content (AvgIpc) is 1.43. The second-order valence-corrected chi connectivity index (χ2v) is 57.7. The van der Waals surface area contributed by atoms with Gasteiger partial charge in [0.2, 0.25) is 20.0 Å². The van der Waals surface area contributed by atoms with Crippen molar-refractivity contribution in [2.75, 3.05) is 35.0 Å². The Kier molecular flexibility index (Phi) is 38.5. The van der Waals surface area contributed by atoms with E-state index in [1.807, 2.05) is 91.8 Å². The topological polar surface area (TPSA) is 170 Å². The molecule has 0 saturated carbocycles. The number of sulfonamides is 2. The Morgan fingerprint density at radius 3 is 1.34 bits per heavy atom. The standard InChI is InChI=1S/C20H31N.2C19H29N.C18H23NO.C18H30OS.C17H22FNO2S.C16H22N2O2S/c1-13(2)15-10-16(19(4,5)6)18-17(11-15)20(7,8)12-14(3)21(18)9;1-12(2)14-10-15(18(4,5)6)17-16(11-14)19(7,8)13(3)20(17)9;1-12(2)14-9-15(18(4,5)6)17-16(10-14)19(7,8)11-13(3)20-17;1-12(2)16-11-14(17(20)19-18(3,4)5)10-13-8-6-7-9-15(13)16;1-13(2)14-9-10-16(15(11-14)18(6,7)8)20(19)12-17(3,4)5;1-11(2)12-9-10-15(22(20,21)19-17(3,4)5)16-13(12)7-6-8-14(16)18;1-11(2)12-6-7-15(14-10-17-9-8-13(12)14)21(19,20)18-16(3,4)5/h10-11,13H,3,12H2,1-2,4-9H3;10-12H,3H2,1-2,4-9H3;9-10,12,20H,3,11H2,1-2,4-8H3;6-12H,1-5H3,(H,19,20);9-11,13H,12H2,1-8H3;6-11,19H,1-5H3;6-11,18H,1-5H3. The summed E-state index contributed by atoms with van der Waals surface area (Å²) in [5.74, 6) is 3.24. The maximum Gasteiger partial charge on any atom is 0.251 e. The molecule has 144 heavy (non-hydrogen) atoms.